The lowest BCUT2D eigenvalue weighted by molar-refractivity contribution is -0.109. The van der Waals surface area contributed by atoms with Crippen LogP contribution >= 0.6 is 0 Å². The van der Waals surface area contributed by atoms with Crippen LogP contribution in [0.2, 0.25) is 0 Å². The minimum atomic E-state index is -0.678. The van der Waals surface area contributed by atoms with Gasteiger partial charge in [0.2, 0.25) is 0 Å². The standard InChI is InChI=1S/C12H16O3/c13-12-7-6-11(15-12)9-14-8-10-4-2-1-3-5-10/h1-5,11-13H,6-9H2/i8D. The van der Waals surface area contributed by atoms with E-state index in [2.05, 4.69) is 0 Å². The molecule has 2 rings (SSSR count). The van der Waals surface area contributed by atoms with Gasteiger partial charge in [0.05, 0.1) is 20.7 Å². The van der Waals surface area contributed by atoms with Gasteiger partial charge in [0.25, 0.3) is 0 Å². The Morgan fingerprint density at radius 2 is 2.20 bits per heavy atom. The van der Waals surface area contributed by atoms with Crippen molar-refractivity contribution in [2.45, 2.75) is 31.8 Å². The van der Waals surface area contributed by atoms with Gasteiger partial charge >= 0.3 is 0 Å². The van der Waals surface area contributed by atoms with Crippen LogP contribution in [0.15, 0.2) is 30.3 Å². The van der Waals surface area contributed by atoms with Crippen molar-refractivity contribution in [3.8, 4) is 0 Å². The van der Waals surface area contributed by atoms with Gasteiger partial charge in [-0.2, -0.15) is 0 Å². The second-order valence-electron chi connectivity index (χ2n) is 3.65. The fraction of sp³-hybridized carbons (Fsp3) is 0.500. The van der Waals surface area contributed by atoms with Crippen molar-refractivity contribution in [1.82, 2.24) is 0 Å². The summed E-state index contributed by atoms with van der Waals surface area (Å²) in [5.41, 5.74) is 0.834. The third-order valence-corrected chi connectivity index (χ3v) is 2.39. The molecule has 1 fully saturated rings. The van der Waals surface area contributed by atoms with Gasteiger partial charge in [0.1, 0.15) is 0 Å². The van der Waals surface area contributed by atoms with Gasteiger partial charge in [-0.1, -0.05) is 30.3 Å². The molecular weight excluding hydrogens is 192 g/mol. The highest BCUT2D eigenvalue weighted by Crippen LogP contribution is 2.17. The number of aliphatic hydroxyl groups is 1. The highest BCUT2D eigenvalue weighted by atomic mass is 16.6. The number of hydrogen-bond acceptors (Lipinski definition) is 3. The van der Waals surface area contributed by atoms with Crippen molar-refractivity contribution in [2.24, 2.45) is 0 Å². The maximum absolute atomic E-state index is 9.16. The van der Waals surface area contributed by atoms with Crippen molar-refractivity contribution < 1.29 is 16.0 Å². The molecule has 3 unspecified atom stereocenters. The summed E-state index contributed by atoms with van der Waals surface area (Å²) in [5, 5.41) is 9.16. The molecule has 1 aliphatic rings. The van der Waals surface area contributed by atoms with Crippen LogP contribution < -0.4 is 0 Å². The molecular formula is C12H16O3. The SMILES string of the molecule is [2H]C(OCC1CCC(O)O1)c1ccccc1. The number of ether oxygens (including phenoxy) is 2. The van der Waals surface area contributed by atoms with Crippen LogP contribution in [0.25, 0.3) is 0 Å². The van der Waals surface area contributed by atoms with E-state index in [0.29, 0.717) is 13.0 Å². The van der Waals surface area contributed by atoms with Crippen LogP contribution in [0.5, 0.6) is 0 Å². The van der Waals surface area contributed by atoms with Crippen molar-refractivity contribution in [1.29, 1.82) is 0 Å². The van der Waals surface area contributed by atoms with Crippen LogP contribution in [0.3, 0.4) is 0 Å². The molecule has 0 amide bonds. The summed E-state index contributed by atoms with van der Waals surface area (Å²) in [4.78, 5) is 0. The van der Waals surface area contributed by atoms with Crippen LogP contribution in [0.4, 0.5) is 0 Å². The molecule has 3 nitrogen and oxygen atoms in total. The number of aliphatic hydroxyl groups excluding tert-OH is 1. The molecule has 0 saturated carbocycles. The van der Waals surface area contributed by atoms with Crippen LogP contribution in [-0.4, -0.2) is 24.1 Å². The Labute approximate surface area is 91.0 Å². The minimum absolute atomic E-state index is 0.0773. The predicted octanol–water partition coefficient (Wildman–Crippen LogP) is 1.70. The molecule has 3 atom stereocenters. The summed E-state index contributed by atoms with van der Waals surface area (Å²) in [6, 6.07) is 9.41. The molecule has 0 bridgehead atoms. The predicted molar refractivity (Wildman–Crippen MR) is 56.2 cm³/mol. The summed E-state index contributed by atoms with van der Waals surface area (Å²) < 4.78 is 18.4. The van der Waals surface area contributed by atoms with Crippen LogP contribution in [-0.2, 0) is 16.1 Å². The number of hydrogen-bond donors (Lipinski definition) is 1. The fourth-order valence-corrected chi connectivity index (χ4v) is 1.59. The molecule has 0 spiro atoms. The second kappa shape index (κ2) is 5.26. The minimum Gasteiger partial charge on any atom is -0.374 e. The smallest absolute Gasteiger partial charge is 0.155 e. The molecule has 0 aromatic heterocycles. The first-order valence-corrected chi connectivity index (χ1v) is 5.18. The molecule has 0 radical (unpaired) electrons. The Hall–Kier alpha value is -0.900. The Bertz CT molecular complexity index is 317. The molecule has 1 aliphatic heterocycles. The molecule has 3 heteroatoms. The van der Waals surface area contributed by atoms with Crippen molar-refractivity contribution in [3.63, 3.8) is 0 Å². The van der Waals surface area contributed by atoms with Crippen molar-refractivity contribution in [3.05, 3.63) is 35.9 Å². The van der Waals surface area contributed by atoms with E-state index in [0.717, 1.165) is 12.0 Å². The molecule has 0 aliphatic carbocycles. The second-order valence-corrected chi connectivity index (χ2v) is 3.65. The summed E-state index contributed by atoms with van der Waals surface area (Å²) in [6.45, 7) is -0.317. The Balaban J connectivity index is 1.78. The number of benzene rings is 1. The Morgan fingerprint density at radius 3 is 2.87 bits per heavy atom. The van der Waals surface area contributed by atoms with E-state index in [1.807, 2.05) is 30.3 Å². The zero-order valence-corrected chi connectivity index (χ0v) is 8.50. The van der Waals surface area contributed by atoms with Crippen LogP contribution in [0.1, 0.15) is 19.8 Å². The van der Waals surface area contributed by atoms with E-state index < -0.39 is 12.9 Å². The average Bonchev–Trinajstić information content (AvgIpc) is 2.73. The van der Waals surface area contributed by atoms with E-state index in [9.17, 15) is 0 Å². The zero-order valence-electron chi connectivity index (χ0n) is 9.50. The van der Waals surface area contributed by atoms with E-state index in [-0.39, 0.29) is 6.10 Å². The van der Waals surface area contributed by atoms with Gasteiger partial charge in [-0.15, -0.1) is 0 Å². The summed E-state index contributed by atoms with van der Waals surface area (Å²) in [6.07, 6.45) is 0.714. The van der Waals surface area contributed by atoms with Crippen molar-refractivity contribution in [2.75, 3.05) is 6.61 Å². The maximum atomic E-state index is 9.16. The molecule has 1 aromatic rings. The average molecular weight is 209 g/mol. The molecule has 15 heavy (non-hydrogen) atoms. The van der Waals surface area contributed by atoms with Crippen LogP contribution in [0, 0.1) is 0 Å². The first kappa shape index (κ1) is 9.33. The molecule has 1 saturated heterocycles. The summed E-state index contributed by atoms with van der Waals surface area (Å²) in [7, 11) is 0. The third-order valence-electron chi connectivity index (χ3n) is 2.39. The maximum Gasteiger partial charge on any atom is 0.155 e. The largest absolute Gasteiger partial charge is 0.374 e. The van der Waals surface area contributed by atoms with E-state index in [1.165, 1.54) is 0 Å². The molecule has 82 valence electrons. The molecule has 1 N–H and O–H groups in total. The highest BCUT2D eigenvalue weighted by Gasteiger charge is 2.22. The summed E-state index contributed by atoms with van der Waals surface area (Å²) >= 11 is 0. The first-order valence-electron chi connectivity index (χ1n) is 5.76. The Kier molecular flexibility index (Phi) is 3.27. The van der Waals surface area contributed by atoms with Gasteiger partial charge < -0.3 is 14.6 Å². The van der Waals surface area contributed by atoms with Gasteiger partial charge in [0.15, 0.2) is 6.29 Å². The van der Waals surface area contributed by atoms with Crippen molar-refractivity contribution >= 4 is 0 Å². The quantitative estimate of drug-likeness (QED) is 0.820. The fourth-order valence-electron chi connectivity index (χ4n) is 1.59. The van der Waals surface area contributed by atoms with E-state index in [1.54, 1.807) is 0 Å². The lowest BCUT2D eigenvalue weighted by atomic mass is 10.2. The lowest BCUT2D eigenvalue weighted by Crippen LogP contribution is -2.16. The monoisotopic (exact) mass is 209 g/mol. The first-order chi connectivity index (χ1) is 7.75. The lowest BCUT2D eigenvalue weighted by Gasteiger charge is -2.10. The van der Waals surface area contributed by atoms with Gasteiger partial charge in [-0.3, -0.25) is 0 Å². The highest BCUT2D eigenvalue weighted by molar-refractivity contribution is 5.13. The number of rotatable bonds is 4. The Morgan fingerprint density at radius 1 is 1.40 bits per heavy atom. The third kappa shape index (κ3) is 3.30. The van der Waals surface area contributed by atoms with Gasteiger partial charge in [-0.05, 0) is 12.0 Å². The summed E-state index contributed by atoms with van der Waals surface area (Å²) in [5.74, 6) is 0. The zero-order chi connectivity index (χ0) is 11.4. The topological polar surface area (TPSA) is 38.7 Å². The molecule has 1 heterocycles. The van der Waals surface area contributed by atoms with Gasteiger partial charge in [0, 0.05) is 6.42 Å². The van der Waals surface area contributed by atoms with E-state index in [4.69, 9.17) is 16.0 Å². The van der Waals surface area contributed by atoms with Gasteiger partial charge in [-0.25, -0.2) is 0 Å². The van der Waals surface area contributed by atoms with E-state index >= 15 is 0 Å². The normalized spacial score (nSPS) is 28.7. The molecule has 1 aromatic carbocycles.